The number of thioether (sulfide) groups is 1. The average Bonchev–Trinajstić information content (AvgIpc) is 3.05. The van der Waals surface area contributed by atoms with E-state index >= 15 is 0 Å². The van der Waals surface area contributed by atoms with E-state index in [-0.39, 0.29) is 10.6 Å². The van der Waals surface area contributed by atoms with Crippen molar-refractivity contribution in [2.75, 3.05) is 5.75 Å². The highest BCUT2D eigenvalue weighted by Gasteiger charge is 2.26. The molecule has 24 heavy (non-hydrogen) atoms. The van der Waals surface area contributed by atoms with Gasteiger partial charge in [0, 0.05) is 23.8 Å². The maximum Gasteiger partial charge on any atom is 0.269 e. The van der Waals surface area contributed by atoms with E-state index in [1.165, 1.54) is 31.4 Å². The van der Waals surface area contributed by atoms with Gasteiger partial charge in [0.1, 0.15) is 0 Å². The first-order valence-corrected chi connectivity index (χ1v) is 9.12. The molecule has 0 atom stereocenters. The summed E-state index contributed by atoms with van der Waals surface area (Å²) in [5, 5.41) is 25.0. The minimum atomic E-state index is -0.389. The number of nitro benzene ring substituents is 1. The van der Waals surface area contributed by atoms with Crippen LogP contribution in [0.2, 0.25) is 0 Å². The number of nitrogens with zero attached hydrogens (tertiary/aromatic N) is 5. The van der Waals surface area contributed by atoms with E-state index in [2.05, 4.69) is 10.2 Å². The van der Waals surface area contributed by atoms with Crippen molar-refractivity contribution >= 4 is 23.2 Å². The standard InChI is InChI=1S/C16H17N5O2S/c22-21(23)13-8-6-11(7-9-13)14-10-24-16-18-17-15(20(16)19-14)12-4-2-1-3-5-12/h6-9,12H,1-5,10H2. The van der Waals surface area contributed by atoms with Gasteiger partial charge in [-0.2, -0.15) is 9.78 Å². The summed E-state index contributed by atoms with van der Waals surface area (Å²) in [6.45, 7) is 0. The predicted octanol–water partition coefficient (Wildman–Crippen LogP) is 3.59. The third-order valence-corrected chi connectivity index (χ3v) is 5.51. The Morgan fingerprint density at radius 2 is 1.88 bits per heavy atom. The Kier molecular flexibility index (Phi) is 4.05. The summed E-state index contributed by atoms with van der Waals surface area (Å²) >= 11 is 1.61. The van der Waals surface area contributed by atoms with Crippen molar-refractivity contribution in [1.82, 2.24) is 14.9 Å². The summed E-state index contributed by atoms with van der Waals surface area (Å²) in [6.07, 6.45) is 6.05. The Balaban J connectivity index is 1.65. The van der Waals surface area contributed by atoms with Crippen LogP contribution in [0, 0.1) is 10.1 Å². The van der Waals surface area contributed by atoms with Crippen molar-refractivity contribution in [1.29, 1.82) is 0 Å². The molecule has 2 aliphatic rings. The maximum atomic E-state index is 10.8. The number of hydrogen-bond donors (Lipinski definition) is 0. The van der Waals surface area contributed by atoms with Crippen molar-refractivity contribution in [2.24, 2.45) is 5.10 Å². The summed E-state index contributed by atoms with van der Waals surface area (Å²) in [7, 11) is 0. The van der Waals surface area contributed by atoms with E-state index in [4.69, 9.17) is 5.10 Å². The number of non-ortho nitro benzene ring substituents is 1. The first kappa shape index (κ1) is 15.3. The smallest absolute Gasteiger partial charge is 0.258 e. The summed E-state index contributed by atoms with van der Waals surface area (Å²) in [5.41, 5.74) is 1.90. The molecule has 0 N–H and O–H groups in total. The lowest BCUT2D eigenvalue weighted by Crippen LogP contribution is -2.17. The topological polar surface area (TPSA) is 86.2 Å². The van der Waals surface area contributed by atoms with Crippen LogP contribution in [0.5, 0.6) is 0 Å². The molecule has 7 nitrogen and oxygen atoms in total. The minimum Gasteiger partial charge on any atom is -0.258 e. The molecule has 1 saturated carbocycles. The van der Waals surface area contributed by atoms with Crippen molar-refractivity contribution in [3.05, 3.63) is 45.8 Å². The summed E-state index contributed by atoms with van der Waals surface area (Å²) < 4.78 is 1.88. The van der Waals surface area contributed by atoms with E-state index < -0.39 is 0 Å². The average molecular weight is 343 g/mol. The molecule has 0 spiro atoms. The van der Waals surface area contributed by atoms with Crippen molar-refractivity contribution in [3.8, 4) is 0 Å². The summed E-state index contributed by atoms with van der Waals surface area (Å²) in [5.74, 6) is 2.08. The van der Waals surface area contributed by atoms with E-state index in [1.807, 2.05) is 4.68 Å². The van der Waals surface area contributed by atoms with Gasteiger partial charge in [-0.05, 0) is 30.5 Å². The molecule has 124 valence electrons. The zero-order valence-corrected chi connectivity index (χ0v) is 13.9. The monoisotopic (exact) mass is 343 g/mol. The quantitative estimate of drug-likeness (QED) is 0.628. The molecule has 2 heterocycles. The molecule has 1 aromatic carbocycles. The second-order valence-electron chi connectivity index (χ2n) is 6.13. The van der Waals surface area contributed by atoms with Crippen LogP contribution in [0.15, 0.2) is 34.5 Å². The van der Waals surface area contributed by atoms with Gasteiger partial charge in [-0.15, -0.1) is 10.2 Å². The van der Waals surface area contributed by atoms with Gasteiger partial charge in [-0.1, -0.05) is 31.0 Å². The molecule has 0 unspecified atom stereocenters. The van der Waals surface area contributed by atoms with Crippen molar-refractivity contribution in [2.45, 2.75) is 43.2 Å². The Labute approximate surface area is 143 Å². The van der Waals surface area contributed by atoms with Crippen molar-refractivity contribution < 1.29 is 4.92 Å². The zero-order chi connectivity index (χ0) is 16.5. The van der Waals surface area contributed by atoms with Gasteiger partial charge >= 0.3 is 0 Å². The van der Waals surface area contributed by atoms with E-state index in [9.17, 15) is 10.1 Å². The SMILES string of the molecule is O=[N+]([O-])c1ccc(C2=Nn3c(nnc3C3CCCCC3)SC2)cc1. The molecule has 1 aromatic heterocycles. The van der Waals surface area contributed by atoms with Crippen LogP contribution in [0.3, 0.4) is 0 Å². The van der Waals surface area contributed by atoms with E-state index in [0.717, 1.165) is 35.1 Å². The molecular formula is C16H17N5O2S. The number of hydrogen-bond acceptors (Lipinski definition) is 6. The second-order valence-corrected chi connectivity index (χ2v) is 7.07. The molecular weight excluding hydrogens is 326 g/mol. The number of fused-ring (bicyclic) bond motifs is 1. The molecule has 1 aliphatic carbocycles. The largest absolute Gasteiger partial charge is 0.269 e. The second kappa shape index (κ2) is 6.35. The molecule has 0 radical (unpaired) electrons. The fourth-order valence-corrected chi connectivity index (χ4v) is 4.12. The Hall–Kier alpha value is -2.22. The fourth-order valence-electron chi connectivity index (χ4n) is 3.28. The van der Waals surface area contributed by atoms with Crippen LogP contribution < -0.4 is 0 Å². The highest BCUT2D eigenvalue weighted by molar-refractivity contribution is 7.99. The van der Waals surface area contributed by atoms with Crippen LogP contribution in [-0.2, 0) is 0 Å². The van der Waals surface area contributed by atoms with Gasteiger partial charge in [-0.3, -0.25) is 10.1 Å². The molecule has 8 heteroatoms. The van der Waals surface area contributed by atoms with Crippen LogP contribution in [0.4, 0.5) is 5.69 Å². The first-order valence-electron chi connectivity index (χ1n) is 8.13. The van der Waals surface area contributed by atoms with Gasteiger partial charge in [0.05, 0.1) is 10.6 Å². The molecule has 1 aliphatic heterocycles. The maximum absolute atomic E-state index is 10.8. The third kappa shape index (κ3) is 2.82. The van der Waals surface area contributed by atoms with Gasteiger partial charge in [0.2, 0.25) is 5.16 Å². The Morgan fingerprint density at radius 1 is 1.12 bits per heavy atom. The van der Waals surface area contributed by atoms with E-state index in [1.54, 1.807) is 23.9 Å². The first-order chi connectivity index (χ1) is 11.7. The van der Waals surface area contributed by atoms with Gasteiger partial charge in [0.25, 0.3) is 5.69 Å². The number of nitro groups is 1. The van der Waals surface area contributed by atoms with Crippen molar-refractivity contribution in [3.63, 3.8) is 0 Å². The van der Waals surface area contributed by atoms with Gasteiger partial charge in [-0.25, -0.2) is 0 Å². The predicted molar refractivity (Wildman–Crippen MR) is 91.6 cm³/mol. The molecule has 2 aromatic rings. The lowest BCUT2D eigenvalue weighted by molar-refractivity contribution is -0.384. The highest BCUT2D eigenvalue weighted by Crippen LogP contribution is 2.34. The summed E-state index contributed by atoms with van der Waals surface area (Å²) in [6, 6.07) is 6.55. The van der Waals surface area contributed by atoms with Crippen LogP contribution in [0.25, 0.3) is 0 Å². The third-order valence-electron chi connectivity index (χ3n) is 4.58. The van der Waals surface area contributed by atoms with Crippen LogP contribution in [-0.4, -0.2) is 31.3 Å². The summed E-state index contributed by atoms with van der Waals surface area (Å²) in [4.78, 5) is 10.4. The van der Waals surface area contributed by atoms with Gasteiger partial charge < -0.3 is 0 Å². The molecule has 0 bridgehead atoms. The van der Waals surface area contributed by atoms with Crippen LogP contribution in [0.1, 0.15) is 49.4 Å². The zero-order valence-electron chi connectivity index (χ0n) is 13.1. The molecule has 4 rings (SSSR count). The lowest BCUT2D eigenvalue weighted by Gasteiger charge is -2.21. The highest BCUT2D eigenvalue weighted by atomic mass is 32.2. The minimum absolute atomic E-state index is 0.0932. The fraction of sp³-hybridized carbons (Fsp3) is 0.438. The Bertz CT molecular complexity index is 793. The molecule has 0 saturated heterocycles. The number of benzene rings is 1. The Morgan fingerprint density at radius 3 is 2.58 bits per heavy atom. The molecule has 0 amide bonds. The number of aromatic nitrogens is 3. The van der Waals surface area contributed by atoms with E-state index in [0.29, 0.717) is 11.7 Å². The van der Waals surface area contributed by atoms with Gasteiger partial charge in [0.15, 0.2) is 5.82 Å². The lowest BCUT2D eigenvalue weighted by atomic mass is 9.89. The number of rotatable bonds is 3. The molecule has 1 fully saturated rings. The van der Waals surface area contributed by atoms with Crippen LogP contribution >= 0.6 is 11.8 Å². The normalized spacial score (nSPS) is 18.1.